The number of para-hydroxylation sites is 1. The molecule has 2 nitrogen and oxygen atoms in total. The van der Waals surface area contributed by atoms with Crippen molar-refractivity contribution in [3.63, 3.8) is 0 Å². The van der Waals surface area contributed by atoms with E-state index in [1.807, 2.05) is 42.5 Å². The third kappa shape index (κ3) is 2.05. The molecule has 0 aliphatic carbocycles. The van der Waals surface area contributed by atoms with Gasteiger partial charge in [0.25, 0.3) is 0 Å². The molecule has 0 atom stereocenters. The fourth-order valence-corrected chi connectivity index (χ4v) is 1.53. The van der Waals surface area contributed by atoms with E-state index in [0.717, 1.165) is 16.8 Å². The smallest absolute Gasteiger partial charge is 0.0860 e. The van der Waals surface area contributed by atoms with Crippen LogP contribution in [-0.4, -0.2) is 6.34 Å². The van der Waals surface area contributed by atoms with Crippen LogP contribution in [0.5, 0.6) is 0 Å². The molecule has 74 valence electrons. The van der Waals surface area contributed by atoms with Gasteiger partial charge in [-0.1, -0.05) is 48.5 Å². The third-order valence-electron chi connectivity index (χ3n) is 2.20. The van der Waals surface area contributed by atoms with E-state index in [2.05, 4.69) is 17.1 Å². The summed E-state index contributed by atoms with van der Waals surface area (Å²) in [5.41, 5.74) is 8.46. The van der Waals surface area contributed by atoms with Crippen LogP contribution >= 0.6 is 0 Å². The van der Waals surface area contributed by atoms with Crippen LogP contribution in [0.1, 0.15) is 0 Å². The zero-order chi connectivity index (χ0) is 10.5. The number of hydrogen-bond acceptors (Lipinski definition) is 1. The Kier molecular flexibility index (Phi) is 2.79. The van der Waals surface area contributed by atoms with Gasteiger partial charge in [-0.2, -0.15) is 0 Å². The summed E-state index contributed by atoms with van der Waals surface area (Å²) in [6, 6.07) is 18.1. The van der Waals surface area contributed by atoms with Crippen LogP contribution in [0, 0.1) is 0 Å². The SMILES string of the molecule is NC=Nc1ccccc1-c1ccccc1. The van der Waals surface area contributed by atoms with Gasteiger partial charge in [0.15, 0.2) is 0 Å². The van der Waals surface area contributed by atoms with E-state index in [1.165, 1.54) is 6.34 Å². The fraction of sp³-hybridized carbons (Fsp3) is 0. The van der Waals surface area contributed by atoms with Crippen molar-refractivity contribution >= 4 is 12.0 Å². The average Bonchev–Trinajstić information content (AvgIpc) is 2.31. The molecule has 2 heteroatoms. The molecule has 0 radical (unpaired) electrons. The molecule has 0 unspecified atom stereocenters. The second-order valence-electron chi connectivity index (χ2n) is 3.16. The number of benzene rings is 2. The van der Waals surface area contributed by atoms with Crippen molar-refractivity contribution in [2.24, 2.45) is 10.7 Å². The van der Waals surface area contributed by atoms with Crippen LogP contribution in [-0.2, 0) is 0 Å². The molecule has 0 bridgehead atoms. The Morgan fingerprint density at radius 1 is 0.867 bits per heavy atom. The first-order valence-corrected chi connectivity index (χ1v) is 4.80. The molecule has 2 aromatic carbocycles. The number of nitrogens with two attached hydrogens (primary N) is 1. The minimum Gasteiger partial charge on any atom is -0.390 e. The van der Waals surface area contributed by atoms with Gasteiger partial charge in [0, 0.05) is 5.56 Å². The van der Waals surface area contributed by atoms with Crippen LogP contribution in [0.2, 0.25) is 0 Å². The Morgan fingerprint density at radius 2 is 1.53 bits per heavy atom. The lowest BCUT2D eigenvalue weighted by atomic mass is 10.0. The molecule has 2 N–H and O–H groups in total. The molecule has 0 amide bonds. The molecule has 2 aromatic rings. The van der Waals surface area contributed by atoms with Crippen LogP contribution in [0.25, 0.3) is 11.1 Å². The standard InChI is InChI=1S/C13H12N2/c14-10-15-13-9-5-4-8-12(13)11-6-2-1-3-7-11/h1-10H,(H2,14,15). The summed E-state index contributed by atoms with van der Waals surface area (Å²) in [5, 5.41) is 0. The Morgan fingerprint density at radius 3 is 2.27 bits per heavy atom. The Bertz CT molecular complexity index is 461. The summed E-state index contributed by atoms with van der Waals surface area (Å²) in [4.78, 5) is 4.14. The highest BCUT2D eigenvalue weighted by Gasteiger charge is 2.01. The molecule has 0 saturated carbocycles. The first-order valence-electron chi connectivity index (χ1n) is 4.80. The zero-order valence-corrected chi connectivity index (χ0v) is 8.30. The van der Waals surface area contributed by atoms with E-state index in [-0.39, 0.29) is 0 Å². The highest BCUT2D eigenvalue weighted by atomic mass is 14.8. The molecule has 2 rings (SSSR count). The van der Waals surface area contributed by atoms with Gasteiger partial charge in [-0.05, 0) is 11.6 Å². The second-order valence-corrected chi connectivity index (χ2v) is 3.16. The summed E-state index contributed by atoms with van der Waals surface area (Å²) in [6.45, 7) is 0. The molecule has 0 saturated heterocycles. The topological polar surface area (TPSA) is 38.4 Å². The van der Waals surface area contributed by atoms with E-state index in [9.17, 15) is 0 Å². The fourth-order valence-electron chi connectivity index (χ4n) is 1.53. The molecule has 15 heavy (non-hydrogen) atoms. The zero-order valence-electron chi connectivity index (χ0n) is 8.30. The number of aliphatic imine (C=N–C) groups is 1. The Balaban J connectivity index is 2.53. The highest BCUT2D eigenvalue weighted by molar-refractivity contribution is 5.78. The molecule has 0 fully saturated rings. The second kappa shape index (κ2) is 4.42. The first kappa shape index (κ1) is 9.46. The molecule has 0 aliphatic rings. The molecular weight excluding hydrogens is 184 g/mol. The van der Waals surface area contributed by atoms with Crippen molar-refractivity contribution in [3.05, 3.63) is 54.6 Å². The van der Waals surface area contributed by atoms with Gasteiger partial charge in [0.2, 0.25) is 0 Å². The maximum absolute atomic E-state index is 5.32. The van der Waals surface area contributed by atoms with Crippen LogP contribution in [0.3, 0.4) is 0 Å². The monoisotopic (exact) mass is 196 g/mol. The van der Waals surface area contributed by atoms with E-state index >= 15 is 0 Å². The van der Waals surface area contributed by atoms with Gasteiger partial charge in [-0.25, -0.2) is 4.99 Å². The van der Waals surface area contributed by atoms with Crippen molar-refractivity contribution in [2.75, 3.05) is 0 Å². The predicted molar refractivity (Wildman–Crippen MR) is 64.2 cm³/mol. The first-order chi connectivity index (χ1) is 7.42. The van der Waals surface area contributed by atoms with Crippen LogP contribution < -0.4 is 5.73 Å². The van der Waals surface area contributed by atoms with E-state index in [1.54, 1.807) is 0 Å². The summed E-state index contributed by atoms with van der Waals surface area (Å²) in [7, 11) is 0. The largest absolute Gasteiger partial charge is 0.390 e. The lowest BCUT2D eigenvalue weighted by Gasteiger charge is -2.04. The van der Waals surface area contributed by atoms with Crippen LogP contribution in [0.4, 0.5) is 5.69 Å². The average molecular weight is 196 g/mol. The lowest BCUT2D eigenvalue weighted by molar-refractivity contribution is 1.50. The van der Waals surface area contributed by atoms with Gasteiger partial charge < -0.3 is 5.73 Å². The highest BCUT2D eigenvalue weighted by Crippen LogP contribution is 2.29. The summed E-state index contributed by atoms with van der Waals surface area (Å²) in [6.07, 6.45) is 1.32. The predicted octanol–water partition coefficient (Wildman–Crippen LogP) is 2.97. The molecule has 0 aliphatic heterocycles. The number of rotatable bonds is 2. The van der Waals surface area contributed by atoms with Crippen molar-refractivity contribution in [2.45, 2.75) is 0 Å². The van der Waals surface area contributed by atoms with Gasteiger partial charge in [0.1, 0.15) is 0 Å². The normalized spacial score (nSPS) is 10.7. The molecular formula is C13H12N2. The van der Waals surface area contributed by atoms with Crippen molar-refractivity contribution in [1.82, 2.24) is 0 Å². The molecule has 0 heterocycles. The van der Waals surface area contributed by atoms with Crippen molar-refractivity contribution in [3.8, 4) is 11.1 Å². The lowest BCUT2D eigenvalue weighted by Crippen LogP contribution is -1.87. The maximum Gasteiger partial charge on any atom is 0.0860 e. The van der Waals surface area contributed by atoms with Gasteiger partial charge in [0.05, 0.1) is 12.0 Å². The van der Waals surface area contributed by atoms with E-state index < -0.39 is 0 Å². The summed E-state index contributed by atoms with van der Waals surface area (Å²) in [5.74, 6) is 0. The molecule has 0 aromatic heterocycles. The maximum atomic E-state index is 5.32. The van der Waals surface area contributed by atoms with Crippen molar-refractivity contribution < 1.29 is 0 Å². The molecule has 0 spiro atoms. The third-order valence-corrected chi connectivity index (χ3v) is 2.20. The van der Waals surface area contributed by atoms with Gasteiger partial charge in [-0.3, -0.25) is 0 Å². The minimum absolute atomic E-state index is 0.895. The number of hydrogen-bond donors (Lipinski definition) is 1. The van der Waals surface area contributed by atoms with E-state index in [4.69, 9.17) is 5.73 Å². The summed E-state index contributed by atoms with van der Waals surface area (Å²) >= 11 is 0. The van der Waals surface area contributed by atoms with Crippen molar-refractivity contribution in [1.29, 1.82) is 0 Å². The summed E-state index contributed by atoms with van der Waals surface area (Å²) < 4.78 is 0. The Hall–Kier alpha value is -2.09. The minimum atomic E-state index is 0.895. The van der Waals surface area contributed by atoms with Crippen LogP contribution in [0.15, 0.2) is 59.6 Å². The van der Waals surface area contributed by atoms with Gasteiger partial charge in [-0.15, -0.1) is 0 Å². The quantitative estimate of drug-likeness (QED) is 0.582. The van der Waals surface area contributed by atoms with E-state index in [0.29, 0.717) is 0 Å². The Labute approximate surface area is 89.1 Å². The number of nitrogens with zero attached hydrogens (tertiary/aromatic N) is 1. The van der Waals surface area contributed by atoms with Gasteiger partial charge >= 0.3 is 0 Å².